The summed E-state index contributed by atoms with van der Waals surface area (Å²) in [7, 11) is -3.20. The molecule has 0 bridgehead atoms. The molecule has 5 nitrogen and oxygen atoms in total. The molecule has 44 heavy (non-hydrogen) atoms. The molecule has 0 aliphatic heterocycles. The molecule has 1 atom stereocenters. The van der Waals surface area contributed by atoms with Crippen LogP contribution in [0.3, 0.4) is 0 Å². The van der Waals surface area contributed by atoms with E-state index in [1.807, 2.05) is 109 Å². The molecule has 0 radical (unpaired) electrons. The second-order valence-electron chi connectivity index (χ2n) is 10.8. The van der Waals surface area contributed by atoms with Crippen molar-refractivity contribution in [3.8, 4) is 11.5 Å². The molecule has 0 fully saturated rings. The Morgan fingerprint density at radius 2 is 1.05 bits per heavy atom. The normalized spacial score (nSPS) is 11.4. The quantitative estimate of drug-likeness (QED) is 0.0580. The average Bonchev–Trinajstić information content (AvgIpc) is 3.07. The van der Waals surface area contributed by atoms with Gasteiger partial charge in [-0.1, -0.05) is 138 Å². The second-order valence-corrected chi connectivity index (χ2v) is 13.0. The summed E-state index contributed by atoms with van der Waals surface area (Å²) in [6.45, 7) is 2.94. The van der Waals surface area contributed by atoms with Gasteiger partial charge in [-0.15, -0.1) is 0 Å². The van der Waals surface area contributed by atoms with Crippen molar-refractivity contribution in [2.24, 2.45) is 0 Å². The maximum absolute atomic E-state index is 11.8. The minimum Gasteiger partial charge on any atom is -0.418 e. The van der Waals surface area contributed by atoms with Gasteiger partial charge >= 0.3 is 16.3 Å². The highest BCUT2D eigenvalue weighted by Gasteiger charge is 2.17. The van der Waals surface area contributed by atoms with E-state index >= 15 is 0 Å². The fraction of sp³-hybridized carbons (Fsp3) is 0.351. The van der Waals surface area contributed by atoms with E-state index in [0.717, 1.165) is 33.8 Å². The SMILES string of the molecule is CCCCCCCCCCCCCOP(Oc1ccccc1)Oc1ccccc1.O=[p+]1oc2ccccc2c2ccccc21. The molecule has 1 unspecified atom stereocenters. The fourth-order valence-electron chi connectivity index (χ4n) is 4.88. The van der Waals surface area contributed by atoms with E-state index < -0.39 is 16.3 Å². The Labute approximate surface area is 264 Å². The standard InChI is InChI=1S/C25H37O3P.C12H8O2P/c1-2-3-4-5-6-7-8-9-10-11-18-23-26-29(27-24-19-14-12-15-20-24)28-25-21-16-13-17-22-25;13-15-12-8-4-2-6-10(12)9-5-1-3-7-11(9)14-15/h12-17,19-22H,2-11,18,23H2,1H3;1-8H/q;+1. The molecular formula is C37H45O5P2+. The number of fused-ring (bicyclic) bond motifs is 3. The summed E-state index contributed by atoms with van der Waals surface area (Å²) in [4.78, 5) is 0. The lowest BCUT2D eigenvalue weighted by Crippen LogP contribution is -2.01. The zero-order chi connectivity index (χ0) is 30.7. The van der Waals surface area contributed by atoms with E-state index in [1.54, 1.807) is 0 Å². The minimum atomic E-state index is -1.74. The van der Waals surface area contributed by atoms with E-state index in [-0.39, 0.29) is 0 Å². The maximum Gasteiger partial charge on any atom is 0.597 e. The molecule has 0 saturated heterocycles. The van der Waals surface area contributed by atoms with Gasteiger partial charge in [-0.2, -0.15) is 0 Å². The number of benzene rings is 4. The first-order chi connectivity index (χ1) is 21.7. The predicted molar refractivity (Wildman–Crippen MR) is 185 cm³/mol. The highest BCUT2D eigenvalue weighted by molar-refractivity contribution is 7.42. The molecular weight excluding hydrogens is 586 g/mol. The number of unbranched alkanes of at least 4 members (excludes halogenated alkanes) is 10. The fourth-order valence-corrected chi connectivity index (χ4v) is 6.92. The Morgan fingerprint density at radius 3 is 1.64 bits per heavy atom. The molecule has 4 aromatic carbocycles. The van der Waals surface area contributed by atoms with E-state index in [4.69, 9.17) is 17.8 Å². The van der Waals surface area contributed by atoms with Crippen LogP contribution in [-0.2, 0) is 9.09 Å². The minimum absolute atomic E-state index is 0.669. The summed E-state index contributed by atoms with van der Waals surface area (Å²) in [5, 5.41) is 2.81. The molecule has 232 valence electrons. The summed E-state index contributed by atoms with van der Waals surface area (Å²) >= 11 is 0. The van der Waals surface area contributed by atoms with Crippen molar-refractivity contribution in [3.05, 3.63) is 109 Å². The van der Waals surface area contributed by atoms with E-state index in [1.165, 1.54) is 64.2 Å². The Bertz CT molecular complexity index is 1500. The van der Waals surface area contributed by atoms with Gasteiger partial charge in [0.25, 0.3) is 0 Å². The zero-order valence-corrected chi connectivity index (χ0v) is 27.6. The molecule has 0 aliphatic rings. The topological polar surface area (TPSA) is 57.9 Å². The van der Waals surface area contributed by atoms with Crippen LogP contribution in [0.1, 0.15) is 77.6 Å². The Kier molecular flexibility index (Phi) is 15.2. The Hall–Kier alpha value is -3.23. The molecule has 7 heteroatoms. The number of rotatable bonds is 17. The number of hydrogen-bond acceptors (Lipinski definition) is 5. The first-order valence-corrected chi connectivity index (χ1v) is 18.2. The Morgan fingerprint density at radius 1 is 0.568 bits per heavy atom. The van der Waals surface area contributed by atoms with Crippen molar-refractivity contribution in [1.29, 1.82) is 0 Å². The van der Waals surface area contributed by atoms with Gasteiger partial charge in [0.15, 0.2) is 5.58 Å². The van der Waals surface area contributed by atoms with Crippen LogP contribution in [0.25, 0.3) is 21.5 Å². The van der Waals surface area contributed by atoms with Gasteiger partial charge in [-0.25, -0.2) is 4.20 Å². The van der Waals surface area contributed by atoms with Crippen LogP contribution in [0.2, 0.25) is 0 Å². The third kappa shape index (κ3) is 11.7. The summed E-state index contributed by atoms with van der Waals surface area (Å²) in [5.74, 6) is 1.54. The lowest BCUT2D eigenvalue weighted by Gasteiger charge is -2.17. The number of hydrogen-bond donors (Lipinski definition) is 0. The monoisotopic (exact) mass is 631 g/mol. The lowest BCUT2D eigenvalue weighted by atomic mass is 10.1. The van der Waals surface area contributed by atoms with Gasteiger partial charge in [0, 0.05) is 10.8 Å². The van der Waals surface area contributed by atoms with Crippen LogP contribution < -0.4 is 9.05 Å². The van der Waals surface area contributed by atoms with Gasteiger partial charge in [0.1, 0.15) is 11.5 Å². The van der Waals surface area contributed by atoms with Crippen LogP contribution in [0.15, 0.2) is 113 Å². The molecule has 0 N–H and O–H groups in total. The molecule has 5 aromatic rings. The third-order valence-electron chi connectivity index (χ3n) is 7.25. The summed E-state index contributed by atoms with van der Waals surface area (Å²) in [6, 6.07) is 34.8. The van der Waals surface area contributed by atoms with Crippen molar-refractivity contribution in [1.82, 2.24) is 0 Å². The van der Waals surface area contributed by atoms with Gasteiger partial charge in [0.2, 0.25) is 5.12 Å². The van der Waals surface area contributed by atoms with Gasteiger partial charge in [-0.05, 0) is 53.5 Å². The first-order valence-electron chi connectivity index (χ1n) is 16.0. The van der Waals surface area contributed by atoms with Crippen LogP contribution in [0.5, 0.6) is 11.5 Å². The molecule has 0 saturated carbocycles. The Balaban J connectivity index is 0.000000243. The molecule has 0 amide bonds. The maximum atomic E-state index is 11.8. The smallest absolute Gasteiger partial charge is 0.418 e. The van der Waals surface area contributed by atoms with Gasteiger partial charge in [0.05, 0.1) is 6.61 Å². The molecule has 5 rings (SSSR count). The molecule has 0 aliphatic carbocycles. The van der Waals surface area contributed by atoms with Crippen molar-refractivity contribution >= 4 is 37.7 Å². The van der Waals surface area contributed by atoms with E-state index in [9.17, 15) is 4.57 Å². The average molecular weight is 632 g/mol. The molecule has 1 aromatic heterocycles. The van der Waals surface area contributed by atoms with Crippen LogP contribution in [0.4, 0.5) is 0 Å². The largest absolute Gasteiger partial charge is 0.597 e. The van der Waals surface area contributed by atoms with Crippen molar-refractivity contribution in [2.75, 3.05) is 6.61 Å². The number of para-hydroxylation sites is 3. The lowest BCUT2D eigenvalue weighted by molar-refractivity contribution is 0.258. The van der Waals surface area contributed by atoms with E-state index in [2.05, 4.69) is 6.92 Å². The highest BCUT2D eigenvalue weighted by atomic mass is 31.2. The van der Waals surface area contributed by atoms with Crippen molar-refractivity contribution in [2.45, 2.75) is 77.6 Å². The molecule has 1 heterocycles. The summed E-state index contributed by atoms with van der Waals surface area (Å²) < 4.78 is 35.0. The van der Waals surface area contributed by atoms with Gasteiger partial charge in [-0.3, -0.25) is 4.52 Å². The van der Waals surface area contributed by atoms with Crippen LogP contribution >= 0.6 is 16.3 Å². The van der Waals surface area contributed by atoms with Crippen molar-refractivity contribution in [3.63, 3.8) is 0 Å². The first kappa shape index (κ1) is 33.7. The highest BCUT2D eigenvalue weighted by Crippen LogP contribution is 2.41. The van der Waals surface area contributed by atoms with E-state index in [0.29, 0.717) is 12.2 Å². The third-order valence-corrected chi connectivity index (χ3v) is 9.51. The summed E-state index contributed by atoms with van der Waals surface area (Å²) in [5.41, 5.74) is 0.706. The van der Waals surface area contributed by atoms with Crippen LogP contribution in [0, 0.1) is 0 Å². The van der Waals surface area contributed by atoms with Crippen LogP contribution in [-0.4, -0.2) is 6.61 Å². The zero-order valence-electron chi connectivity index (χ0n) is 25.8. The predicted octanol–water partition coefficient (Wildman–Crippen LogP) is 13.0. The summed E-state index contributed by atoms with van der Waals surface area (Å²) in [6.07, 6.45) is 14.6. The second kappa shape index (κ2) is 19.9. The molecule has 0 spiro atoms. The van der Waals surface area contributed by atoms with Gasteiger partial charge < -0.3 is 9.05 Å². The van der Waals surface area contributed by atoms with Crippen molar-refractivity contribution < 1.29 is 22.3 Å².